The van der Waals surface area contributed by atoms with Crippen molar-refractivity contribution in [2.75, 3.05) is 0 Å². The molecule has 0 aliphatic heterocycles. The molecule has 0 unspecified atom stereocenters. The molecule has 0 aromatic carbocycles. The van der Waals surface area contributed by atoms with Gasteiger partial charge in [-0.15, -0.1) is 33.2 Å². The molecule has 0 heterocycles. The van der Waals surface area contributed by atoms with E-state index in [1.54, 1.807) is 0 Å². The lowest BCUT2D eigenvalue weighted by Gasteiger charge is -2.43. The van der Waals surface area contributed by atoms with Crippen LogP contribution in [0.5, 0.6) is 0 Å². The summed E-state index contributed by atoms with van der Waals surface area (Å²) in [5, 5.41) is 0. The Morgan fingerprint density at radius 1 is 0.419 bits per heavy atom. The lowest BCUT2D eigenvalue weighted by Crippen LogP contribution is -2.74. The molecule has 0 N–H and O–H groups in total. The minimum absolute atomic E-state index is 3.04. The van der Waals surface area contributed by atoms with E-state index >= 15 is 0 Å². The Morgan fingerprint density at radius 2 is 0.710 bits per heavy atom. The Kier molecular flexibility index (Phi) is 7.96. The number of halogens is 20. The van der Waals surface area contributed by atoms with Gasteiger partial charge in [-0.3, -0.25) is 0 Å². The Hall–Kier alpha value is -0.103. The van der Waals surface area contributed by atoms with E-state index in [1.807, 2.05) is 0 Å². The molecule has 0 aromatic heterocycles. The number of hydrogen-bond acceptors (Lipinski definition) is 0. The zero-order valence-corrected chi connectivity index (χ0v) is 16.7. The number of hydrogen-bond donors (Lipinski definition) is 0. The second kappa shape index (κ2) is 7.99. The van der Waals surface area contributed by atoms with Crippen LogP contribution in [0.25, 0.3) is 0 Å². The highest BCUT2D eigenvalue weighted by Gasteiger charge is 2.94. The van der Waals surface area contributed by atoms with E-state index in [-0.39, 0.29) is 0 Å². The number of alkyl halides is 17. The summed E-state index contributed by atoms with van der Waals surface area (Å²) in [6.07, 6.45) is -12.2. The fraction of sp³-hybridized carbons (Fsp3) is 1.00. The van der Waals surface area contributed by atoms with E-state index in [4.69, 9.17) is 0 Å². The van der Waals surface area contributed by atoms with Crippen LogP contribution in [0.3, 0.4) is 0 Å². The summed E-state index contributed by atoms with van der Waals surface area (Å²) in [6, 6.07) is -6.57. The fourth-order valence-electron chi connectivity index (χ4n) is 1.65. The van der Waals surface area contributed by atoms with Gasteiger partial charge in [-0.25, -0.2) is 0 Å². The topological polar surface area (TPSA) is 0 Å². The van der Waals surface area contributed by atoms with Crippen LogP contribution in [0, 0.1) is 0 Å². The summed E-state index contributed by atoms with van der Waals surface area (Å²) in [5.74, 6) is -47.7. The minimum atomic E-state index is -8.44. The smallest absolute Gasteiger partial charge is 0.200 e. The largest absolute Gasteiger partial charge is 0.424 e. The molecule has 0 rings (SSSR count). The van der Waals surface area contributed by atoms with Crippen molar-refractivity contribution in [1.82, 2.24) is 0 Å². The summed E-state index contributed by atoms with van der Waals surface area (Å²) >= 11 is 13.0. The van der Waals surface area contributed by atoms with Gasteiger partial charge in [0.05, 0.1) is 0 Å². The van der Waals surface area contributed by atoms with Crippen molar-refractivity contribution in [3.8, 4) is 0 Å². The minimum Gasteiger partial charge on any atom is -0.200 e. The third-order valence-electron chi connectivity index (χ3n) is 3.51. The monoisotopic (exact) mass is 580 g/mol. The molecule has 21 heteroatoms. The molecule has 0 nitrogen and oxygen atoms in total. The van der Waals surface area contributed by atoms with E-state index in [2.05, 4.69) is 33.2 Å². The molecule has 0 saturated carbocycles. The predicted octanol–water partition coefficient (Wildman–Crippen LogP) is 7.97. The molecule has 0 aliphatic rings. The zero-order chi connectivity index (χ0) is 25.9. The molecule has 0 atom stereocenters. The van der Waals surface area contributed by atoms with Crippen molar-refractivity contribution in [2.24, 2.45) is 0 Å². The van der Waals surface area contributed by atoms with Gasteiger partial charge in [-0.05, 0) is 0 Å². The van der Waals surface area contributed by atoms with Gasteiger partial charge in [0.25, 0.3) is 0 Å². The average molecular weight is 582 g/mol. The van der Waals surface area contributed by atoms with Crippen molar-refractivity contribution < 1.29 is 74.6 Å². The highest BCUT2D eigenvalue weighted by Crippen LogP contribution is 2.64. The van der Waals surface area contributed by atoms with Gasteiger partial charge < -0.3 is 0 Å². The van der Waals surface area contributed by atoms with E-state index < -0.39 is 66.1 Å². The molecule has 0 amide bonds. The maximum atomic E-state index is 13.4. The van der Waals surface area contributed by atoms with Gasteiger partial charge in [-0.2, -0.15) is 74.6 Å². The summed E-state index contributed by atoms with van der Waals surface area (Å²) in [5.41, 5.74) is -6.86. The van der Waals surface area contributed by atoms with Gasteiger partial charge in [-0.1, -0.05) is 0 Å². The molecule has 0 aliphatic carbocycles. The Labute approximate surface area is 174 Å². The molecule has 0 aromatic rings. The van der Waals surface area contributed by atoms with Crippen LogP contribution in [0.4, 0.5) is 74.6 Å². The molecule has 0 bridgehead atoms. The van der Waals surface area contributed by atoms with Gasteiger partial charge >= 0.3 is 53.3 Å². The Balaban J connectivity index is 6.56. The number of rotatable bonds is 9. The molecule has 0 saturated heterocycles. The molecular formula is C10H4Cl3F17Si. The average Bonchev–Trinajstić information content (AvgIpc) is 2.50. The molecule has 31 heavy (non-hydrogen) atoms. The van der Waals surface area contributed by atoms with Crippen LogP contribution in [-0.4, -0.2) is 53.3 Å². The highest BCUT2D eigenvalue weighted by molar-refractivity contribution is 7.65. The van der Waals surface area contributed by atoms with Crippen LogP contribution < -0.4 is 0 Å². The molecule has 188 valence electrons. The fourth-order valence-corrected chi connectivity index (χ4v) is 3.23. The van der Waals surface area contributed by atoms with Crippen LogP contribution in [0.2, 0.25) is 0 Å². The van der Waals surface area contributed by atoms with Crippen LogP contribution in [0.15, 0.2) is 0 Å². The lowest BCUT2D eigenvalue weighted by atomic mass is 9.90. The first-order valence-corrected chi connectivity index (χ1v) is 11.8. The molecule has 0 fully saturated rings. The van der Waals surface area contributed by atoms with Crippen LogP contribution in [0.1, 0.15) is 12.8 Å². The maximum Gasteiger partial charge on any atom is 0.424 e. The third kappa shape index (κ3) is 4.76. The van der Waals surface area contributed by atoms with Crippen molar-refractivity contribution >= 4 is 39.2 Å². The summed E-state index contributed by atoms with van der Waals surface area (Å²) in [7, 11) is 0. The third-order valence-corrected chi connectivity index (χ3v) is 6.67. The van der Waals surface area contributed by atoms with E-state index in [9.17, 15) is 74.6 Å². The zero-order valence-electron chi connectivity index (χ0n) is 13.5. The van der Waals surface area contributed by atoms with Crippen LogP contribution in [-0.2, 0) is 0 Å². The first kappa shape index (κ1) is 30.9. The summed E-state index contributed by atoms with van der Waals surface area (Å²) in [6.45, 7) is 0. The molecular weight excluding hydrogens is 578 g/mol. The van der Waals surface area contributed by atoms with E-state index in [0.717, 1.165) is 0 Å². The van der Waals surface area contributed by atoms with Gasteiger partial charge in [0.15, 0.2) is 0 Å². The van der Waals surface area contributed by atoms with Crippen molar-refractivity contribution in [3.05, 3.63) is 0 Å². The second-order valence-corrected chi connectivity index (χ2v) is 14.2. The summed E-state index contributed by atoms with van der Waals surface area (Å²) in [4.78, 5) is 0. The maximum absolute atomic E-state index is 13.4. The molecule has 0 radical (unpaired) electrons. The standard InChI is InChI=1S/C10H4Cl3F17Si/c11-31(12,13)10(29,30)9(27,28)8(25,26)7(23,24)6(21,22)5(19,20)3(14,15)1-2-4(16,17)18/h1-2H2. The first-order valence-electron chi connectivity index (χ1n) is 6.74. The van der Waals surface area contributed by atoms with Gasteiger partial charge in [0, 0.05) is 12.8 Å². The van der Waals surface area contributed by atoms with Crippen molar-refractivity contribution in [3.63, 3.8) is 0 Å². The van der Waals surface area contributed by atoms with E-state index in [1.165, 1.54) is 0 Å². The van der Waals surface area contributed by atoms with Crippen LogP contribution >= 0.6 is 33.2 Å². The second-order valence-electron chi connectivity index (χ2n) is 5.76. The predicted molar refractivity (Wildman–Crippen MR) is 73.2 cm³/mol. The highest BCUT2D eigenvalue weighted by atomic mass is 35.8. The first-order chi connectivity index (χ1) is 13.0. The Bertz CT molecular complexity index is 650. The van der Waals surface area contributed by atoms with Crippen molar-refractivity contribution in [2.45, 2.75) is 60.1 Å². The Morgan fingerprint density at radius 3 is 1.00 bits per heavy atom. The molecule has 0 spiro atoms. The van der Waals surface area contributed by atoms with Gasteiger partial charge in [0.1, 0.15) is 0 Å². The van der Waals surface area contributed by atoms with Gasteiger partial charge in [0.2, 0.25) is 0 Å². The SMILES string of the molecule is FC(F)(F)CCC(F)(F)C(F)(F)C(F)(F)C(F)(F)C(F)(F)C(F)(F)C(F)(F)[Si](Cl)(Cl)Cl. The quantitative estimate of drug-likeness (QED) is 0.147. The van der Waals surface area contributed by atoms with E-state index in [0.29, 0.717) is 0 Å². The van der Waals surface area contributed by atoms with Crippen molar-refractivity contribution in [1.29, 1.82) is 0 Å². The summed E-state index contributed by atoms with van der Waals surface area (Å²) < 4.78 is 222. The normalized spacial score (nSPS) is 16.6. The lowest BCUT2D eigenvalue weighted by molar-refractivity contribution is -0.436.